The molecule has 0 saturated carbocycles. The average Bonchev–Trinajstić information content (AvgIpc) is 2.45. The molecule has 1 atom stereocenters. The van der Waals surface area contributed by atoms with Gasteiger partial charge in [-0.3, -0.25) is 0 Å². The van der Waals surface area contributed by atoms with Crippen LogP contribution in [-0.2, 0) is 10.0 Å². The molecule has 0 heterocycles. The Bertz CT molecular complexity index is 565. The van der Waals surface area contributed by atoms with Crippen molar-refractivity contribution in [3.8, 4) is 5.75 Å². The molecule has 1 unspecified atom stereocenters. The lowest BCUT2D eigenvalue weighted by Gasteiger charge is -2.18. The molecule has 0 aromatic heterocycles. The summed E-state index contributed by atoms with van der Waals surface area (Å²) in [6.07, 6.45) is 1.32. The van der Waals surface area contributed by atoms with Crippen LogP contribution >= 0.6 is 0 Å². The minimum absolute atomic E-state index is 0.131. The summed E-state index contributed by atoms with van der Waals surface area (Å²) in [5.74, 6) is 0.361. The minimum Gasteiger partial charge on any atom is -0.492 e. The fourth-order valence-electron chi connectivity index (χ4n) is 1.83. The Hall–Kier alpha value is -1.11. The second-order valence-corrected chi connectivity index (χ2v) is 6.82. The van der Waals surface area contributed by atoms with Gasteiger partial charge < -0.3 is 9.84 Å². The van der Waals surface area contributed by atoms with Gasteiger partial charge in [0, 0.05) is 6.04 Å². The van der Waals surface area contributed by atoms with Crippen LogP contribution in [0.5, 0.6) is 5.75 Å². The summed E-state index contributed by atoms with van der Waals surface area (Å²) in [5, 5.41) is 9.19. The van der Waals surface area contributed by atoms with E-state index in [4.69, 9.17) is 4.74 Å². The summed E-state index contributed by atoms with van der Waals surface area (Å²) >= 11 is 0. The van der Waals surface area contributed by atoms with Crippen LogP contribution in [0.2, 0.25) is 0 Å². The number of aryl methyl sites for hydroxylation is 2. The Kier molecular flexibility index (Phi) is 6.64. The van der Waals surface area contributed by atoms with Gasteiger partial charge in [0.2, 0.25) is 10.0 Å². The lowest BCUT2D eigenvalue weighted by molar-refractivity contribution is 0.253. The smallest absolute Gasteiger partial charge is 0.244 e. The highest BCUT2D eigenvalue weighted by Crippen LogP contribution is 2.28. The lowest BCUT2D eigenvalue weighted by Crippen LogP contribution is -2.37. The van der Waals surface area contributed by atoms with Crippen LogP contribution in [0.3, 0.4) is 0 Å². The van der Waals surface area contributed by atoms with Crippen LogP contribution in [0.25, 0.3) is 0 Å². The second-order valence-electron chi connectivity index (χ2n) is 5.14. The van der Waals surface area contributed by atoms with E-state index in [9.17, 15) is 13.5 Å². The summed E-state index contributed by atoms with van der Waals surface area (Å²) in [7, 11) is -3.72. The van der Waals surface area contributed by atoms with Gasteiger partial charge in [0.25, 0.3) is 0 Å². The first-order valence-corrected chi connectivity index (χ1v) is 8.71. The number of sulfonamides is 1. The maximum Gasteiger partial charge on any atom is 0.244 e. The zero-order valence-corrected chi connectivity index (χ0v) is 14.0. The molecular weight excluding hydrogens is 290 g/mol. The number of rotatable bonds is 8. The molecule has 0 aliphatic carbocycles. The maximum absolute atomic E-state index is 12.5. The molecule has 21 heavy (non-hydrogen) atoms. The first-order chi connectivity index (χ1) is 9.85. The Morgan fingerprint density at radius 1 is 1.24 bits per heavy atom. The van der Waals surface area contributed by atoms with Gasteiger partial charge in [-0.1, -0.05) is 13.8 Å². The van der Waals surface area contributed by atoms with Gasteiger partial charge in [-0.2, -0.15) is 0 Å². The van der Waals surface area contributed by atoms with E-state index in [1.165, 1.54) is 0 Å². The van der Waals surface area contributed by atoms with Gasteiger partial charge in [-0.15, -0.1) is 0 Å². The van der Waals surface area contributed by atoms with Crippen LogP contribution < -0.4 is 9.46 Å². The van der Waals surface area contributed by atoms with Gasteiger partial charge in [-0.25, -0.2) is 13.1 Å². The van der Waals surface area contributed by atoms with Crippen LogP contribution in [0.4, 0.5) is 0 Å². The van der Waals surface area contributed by atoms with Crippen molar-refractivity contribution in [2.45, 2.75) is 51.5 Å². The monoisotopic (exact) mass is 315 g/mol. The van der Waals surface area contributed by atoms with Gasteiger partial charge in [0.15, 0.2) is 0 Å². The molecule has 1 rings (SSSR count). The average molecular weight is 315 g/mol. The molecule has 1 aromatic rings. The summed E-state index contributed by atoms with van der Waals surface area (Å²) in [5.41, 5.74) is 1.87. The Balaban J connectivity index is 3.22. The van der Waals surface area contributed by atoms with E-state index < -0.39 is 16.1 Å². The van der Waals surface area contributed by atoms with E-state index in [1.54, 1.807) is 12.1 Å². The number of benzene rings is 1. The molecule has 0 aliphatic heterocycles. The van der Waals surface area contributed by atoms with Crippen LogP contribution in [-0.4, -0.2) is 32.8 Å². The minimum atomic E-state index is -3.72. The number of aliphatic hydroxyl groups excluding tert-OH is 1. The molecule has 6 heteroatoms. The van der Waals surface area contributed by atoms with Crippen molar-refractivity contribution in [1.82, 2.24) is 4.72 Å². The molecule has 0 spiro atoms. The van der Waals surface area contributed by atoms with Crippen molar-refractivity contribution in [3.63, 3.8) is 0 Å². The first kappa shape index (κ1) is 17.9. The van der Waals surface area contributed by atoms with E-state index in [2.05, 4.69) is 4.72 Å². The van der Waals surface area contributed by atoms with E-state index in [0.717, 1.165) is 17.5 Å². The van der Waals surface area contributed by atoms with E-state index in [1.807, 2.05) is 27.7 Å². The van der Waals surface area contributed by atoms with E-state index in [-0.39, 0.29) is 11.5 Å². The van der Waals surface area contributed by atoms with Gasteiger partial charge >= 0.3 is 0 Å². The summed E-state index contributed by atoms with van der Waals surface area (Å²) in [6.45, 7) is 7.79. The Morgan fingerprint density at radius 3 is 2.38 bits per heavy atom. The normalized spacial score (nSPS) is 13.2. The number of hydrogen-bond acceptors (Lipinski definition) is 4. The number of nitrogens with one attached hydrogen (secondary N) is 1. The molecule has 2 N–H and O–H groups in total. The van der Waals surface area contributed by atoms with Crippen molar-refractivity contribution in [1.29, 1.82) is 0 Å². The van der Waals surface area contributed by atoms with Gasteiger partial charge in [0.1, 0.15) is 10.6 Å². The highest BCUT2D eigenvalue weighted by atomic mass is 32.2. The SMILES string of the molecule is CCCOc1cc(C)c(C)cc1S(=O)(=O)NC(CC)CO. The summed E-state index contributed by atoms with van der Waals surface area (Å²) < 4.78 is 33.1. The number of aliphatic hydroxyl groups is 1. The molecule has 0 saturated heterocycles. The van der Waals surface area contributed by atoms with Gasteiger partial charge in [-0.05, 0) is 49.9 Å². The maximum atomic E-state index is 12.5. The zero-order valence-electron chi connectivity index (χ0n) is 13.1. The molecule has 0 fully saturated rings. The first-order valence-electron chi connectivity index (χ1n) is 7.22. The van der Waals surface area contributed by atoms with Gasteiger partial charge in [0.05, 0.1) is 13.2 Å². The molecular formula is C15H25NO4S. The predicted octanol–water partition coefficient (Wildman–Crippen LogP) is 2.14. The summed E-state index contributed by atoms with van der Waals surface area (Å²) in [4.78, 5) is 0.131. The van der Waals surface area contributed by atoms with E-state index >= 15 is 0 Å². The van der Waals surface area contributed by atoms with Crippen LogP contribution in [0.15, 0.2) is 17.0 Å². The van der Waals surface area contributed by atoms with Crippen molar-refractivity contribution in [2.75, 3.05) is 13.2 Å². The molecule has 0 radical (unpaired) electrons. The van der Waals surface area contributed by atoms with Crippen LogP contribution in [0.1, 0.15) is 37.8 Å². The van der Waals surface area contributed by atoms with Crippen molar-refractivity contribution < 1.29 is 18.3 Å². The largest absolute Gasteiger partial charge is 0.492 e. The predicted molar refractivity (Wildman–Crippen MR) is 83.2 cm³/mol. The standard InChI is InChI=1S/C15H25NO4S/c1-5-7-20-14-8-11(3)12(4)9-15(14)21(18,19)16-13(6-2)10-17/h8-9,13,16-17H,5-7,10H2,1-4H3. The Labute approximate surface area is 127 Å². The quantitative estimate of drug-likeness (QED) is 0.770. The fourth-order valence-corrected chi connectivity index (χ4v) is 3.35. The van der Waals surface area contributed by atoms with Crippen LogP contribution in [0, 0.1) is 13.8 Å². The third kappa shape index (κ3) is 4.69. The van der Waals surface area contributed by atoms with E-state index in [0.29, 0.717) is 18.8 Å². The Morgan fingerprint density at radius 2 is 1.86 bits per heavy atom. The van der Waals surface area contributed by atoms with Crippen molar-refractivity contribution in [2.24, 2.45) is 0 Å². The third-order valence-corrected chi connectivity index (χ3v) is 4.89. The topological polar surface area (TPSA) is 75.6 Å². The third-order valence-electron chi connectivity index (χ3n) is 3.35. The van der Waals surface area contributed by atoms with Crippen molar-refractivity contribution >= 4 is 10.0 Å². The zero-order chi connectivity index (χ0) is 16.0. The summed E-state index contributed by atoms with van der Waals surface area (Å²) in [6, 6.07) is 2.88. The fraction of sp³-hybridized carbons (Fsp3) is 0.600. The number of hydrogen-bond donors (Lipinski definition) is 2. The molecule has 0 bridgehead atoms. The second kappa shape index (κ2) is 7.77. The molecule has 0 amide bonds. The lowest BCUT2D eigenvalue weighted by atomic mass is 10.1. The molecule has 120 valence electrons. The number of ether oxygens (including phenoxy) is 1. The molecule has 5 nitrogen and oxygen atoms in total. The molecule has 0 aliphatic rings. The molecule has 1 aromatic carbocycles. The highest BCUT2D eigenvalue weighted by molar-refractivity contribution is 7.89. The highest BCUT2D eigenvalue weighted by Gasteiger charge is 2.23. The van der Waals surface area contributed by atoms with Crippen molar-refractivity contribution in [3.05, 3.63) is 23.3 Å².